The number of amides is 1. The van der Waals surface area contributed by atoms with E-state index >= 15 is 0 Å². The molecule has 5 N–H and O–H groups in total. The number of carbonyl (C=O) groups excluding carboxylic acids is 1. The van der Waals surface area contributed by atoms with Gasteiger partial charge in [-0.1, -0.05) is 30.0 Å². The van der Waals surface area contributed by atoms with Crippen LogP contribution in [0.2, 0.25) is 0 Å². The Balaban J connectivity index is 2.03. The minimum absolute atomic E-state index is 0.183. The Morgan fingerprint density at radius 3 is 2.33 bits per heavy atom. The first-order valence-electron chi connectivity index (χ1n) is 8.20. The van der Waals surface area contributed by atoms with Crippen LogP contribution in [0.5, 0.6) is 0 Å². The van der Waals surface area contributed by atoms with Crippen molar-refractivity contribution in [3.63, 3.8) is 0 Å². The summed E-state index contributed by atoms with van der Waals surface area (Å²) in [5, 5.41) is 30.1. The van der Waals surface area contributed by atoms with Gasteiger partial charge in [0.1, 0.15) is 6.04 Å². The summed E-state index contributed by atoms with van der Waals surface area (Å²) in [6.07, 6.45) is -0.969. The van der Waals surface area contributed by atoms with Gasteiger partial charge < -0.3 is 10.2 Å². The highest BCUT2D eigenvalue weighted by Gasteiger charge is 2.22. The molecule has 0 saturated heterocycles. The highest BCUT2D eigenvalue weighted by Crippen LogP contribution is 2.07. The van der Waals surface area contributed by atoms with Crippen LogP contribution in [0.15, 0.2) is 48.5 Å². The molecule has 0 aromatic heterocycles. The van der Waals surface area contributed by atoms with Crippen LogP contribution in [0.25, 0.3) is 0 Å². The van der Waals surface area contributed by atoms with E-state index in [1.54, 1.807) is 24.3 Å². The first-order chi connectivity index (χ1) is 12.9. The van der Waals surface area contributed by atoms with Crippen LogP contribution in [0.3, 0.4) is 0 Å². The average Bonchev–Trinajstić information content (AvgIpc) is 2.67. The van der Waals surface area contributed by atoms with Crippen molar-refractivity contribution in [3.05, 3.63) is 70.8 Å². The average molecular weight is 368 g/mol. The lowest BCUT2D eigenvalue weighted by atomic mass is 10.1. The molecule has 0 aliphatic carbocycles. The second kappa shape index (κ2) is 9.50. The van der Waals surface area contributed by atoms with Gasteiger partial charge in [0.25, 0.3) is 5.91 Å². The smallest absolute Gasteiger partial charge is 0.335 e. The van der Waals surface area contributed by atoms with Crippen molar-refractivity contribution in [1.82, 2.24) is 10.8 Å². The van der Waals surface area contributed by atoms with Gasteiger partial charge in [-0.15, -0.1) is 0 Å². The molecule has 0 heterocycles. The first-order valence-corrected chi connectivity index (χ1v) is 8.20. The zero-order valence-electron chi connectivity index (χ0n) is 14.6. The molecule has 0 spiro atoms. The number of carboxylic acid groups (broad SMARTS) is 1. The van der Waals surface area contributed by atoms with Gasteiger partial charge in [0, 0.05) is 17.7 Å². The van der Waals surface area contributed by atoms with Gasteiger partial charge in [-0.3, -0.25) is 15.3 Å². The van der Waals surface area contributed by atoms with E-state index in [2.05, 4.69) is 17.2 Å². The van der Waals surface area contributed by atoms with Crippen LogP contribution in [0.4, 0.5) is 0 Å². The summed E-state index contributed by atoms with van der Waals surface area (Å²) in [7, 11) is 0. The van der Waals surface area contributed by atoms with Gasteiger partial charge >= 0.3 is 5.97 Å². The molecule has 140 valence electrons. The topological polar surface area (TPSA) is 119 Å². The van der Waals surface area contributed by atoms with E-state index in [1.165, 1.54) is 24.5 Å². The maximum atomic E-state index is 11.5. The van der Waals surface area contributed by atoms with Crippen LogP contribution in [0, 0.1) is 11.8 Å². The molecule has 7 heteroatoms. The number of aliphatic hydroxyl groups excluding tert-OH is 1. The number of carboxylic acids is 1. The monoisotopic (exact) mass is 368 g/mol. The molecule has 27 heavy (non-hydrogen) atoms. The molecule has 0 saturated carbocycles. The second-order valence-electron chi connectivity index (χ2n) is 5.91. The zero-order chi connectivity index (χ0) is 19.8. The highest BCUT2D eigenvalue weighted by atomic mass is 16.5. The molecule has 0 bridgehead atoms. The largest absolute Gasteiger partial charge is 0.478 e. The van der Waals surface area contributed by atoms with Gasteiger partial charge in [-0.05, 0) is 42.8 Å². The first kappa shape index (κ1) is 20.1. The maximum Gasteiger partial charge on any atom is 0.335 e. The van der Waals surface area contributed by atoms with Crippen molar-refractivity contribution in [2.45, 2.75) is 25.6 Å². The number of aliphatic hydroxyl groups is 1. The Labute approximate surface area is 156 Å². The summed E-state index contributed by atoms with van der Waals surface area (Å²) in [5.41, 5.74) is 3.92. The second-order valence-corrected chi connectivity index (χ2v) is 5.91. The van der Waals surface area contributed by atoms with Gasteiger partial charge in [0.2, 0.25) is 0 Å². The third kappa shape index (κ3) is 5.94. The lowest BCUT2D eigenvalue weighted by Gasteiger charge is -2.19. The van der Waals surface area contributed by atoms with Crippen LogP contribution in [-0.4, -0.2) is 39.4 Å². The third-order valence-corrected chi connectivity index (χ3v) is 3.82. The van der Waals surface area contributed by atoms with E-state index in [0.717, 1.165) is 11.1 Å². The van der Waals surface area contributed by atoms with Crippen molar-refractivity contribution >= 4 is 11.9 Å². The maximum absolute atomic E-state index is 11.5. The fourth-order valence-electron chi connectivity index (χ4n) is 2.36. The van der Waals surface area contributed by atoms with Gasteiger partial charge in [-0.25, -0.2) is 10.3 Å². The van der Waals surface area contributed by atoms with E-state index in [-0.39, 0.29) is 5.56 Å². The van der Waals surface area contributed by atoms with Crippen LogP contribution >= 0.6 is 0 Å². The molecule has 2 rings (SSSR count). The van der Waals surface area contributed by atoms with E-state index in [4.69, 9.17) is 10.3 Å². The molecule has 0 aliphatic heterocycles. The Morgan fingerprint density at radius 2 is 1.74 bits per heavy atom. The number of hydrogen-bond acceptors (Lipinski definition) is 5. The summed E-state index contributed by atoms with van der Waals surface area (Å²) < 4.78 is 0. The van der Waals surface area contributed by atoms with Crippen molar-refractivity contribution < 1.29 is 25.0 Å². The SMILES string of the molecule is C[C@@H](O)[C@H](NCc1ccc(C#Cc2cccc(C(=O)O)c2)cc1)C(=O)NO. The molecule has 0 radical (unpaired) electrons. The lowest BCUT2D eigenvalue weighted by Crippen LogP contribution is -2.49. The summed E-state index contributed by atoms with van der Waals surface area (Å²) in [4.78, 5) is 22.4. The van der Waals surface area contributed by atoms with Gasteiger partial charge in [0.15, 0.2) is 0 Å². The molecule has 7 nitrogen and oxygen atoms in total. The minimum Gasteiger partial charge on any atom is -0.478 e. The number of hydroxylamine groups is 1. The fraction of sp³-hybridized carbons (Fsp3) is 0.200. The van der Waals surface area contributed by atoms with Crippen molar-refractivity contribution in [1.29, 1.82) is 0 Å². The Morgan fingerprint density at radius 1 is 1.07 bits per heavy atom. The number of aromatic carboxylic acids is 1. The third-order valence-electron chi connectivity index (χ3n) is 3.82. The predicted molar refractivity (Wildman–Crippen MR) is 98.1 cm³/mol. The molecule has 2 aromatic carbocycles. The van der Waals surface area contributed by atoms with Crippen molar-refractivity contribution in [2.75, 3.05) is 0 Å². The fourth-order valence-corrected chi connectivity index (χ4v) is 2.36. The van der Waals surface area contributed by atoms with Crippen molar-refractivity contribution in [3.8, 4) is 11.8 Å². The molecule has 0 fully saturated rings. The summed E-state index contributed by atoms with van der Waals surface area (Å²) in [6, 6.07) is 12.7. The zero-order valence-corrected chi connectivity index (χ0v) is 14.6. The molecule has 1 amide bonds. The number of hydrogen-bond donors (Lipinski definition) is 5. The predicted octanol–water partition coefficient (Wildman–Crippen LogP) is 1.13. The number of nitrogens with one attached hydrogen (secondary N) is 2. The lowest BCUT2D eigenvalue weighted by molar-refractivity contribution is -0.134. The molecule has 0 aliphatic rings. The van der Waals surface area contributed by atoms with E-state index in [0.29, 0.717) is 12.1 Å². The summed E-state index contributed by atoms with van der Waals surface area (Å²) in [6.45, 7) is 1.77. The number of benzene rings is 2. The Kier molecular flexibility index (Phi) is 7.08. The Hall–Kier alpha value is -3.18. The number of rotatable bonds is 6. The highest BCUT2D eigenvalue weighted by molar-refractivity contribution is 5.88. The molecule has 2 aromatic rings. The van der Waals surface area contributed by atoms with Crippen LogP contribution in [0.1, 0.15) is 34.0 Å². The van der Waals surface area contributed by atoms with Crippen LogP contribution < -0.4 is 10.8 Å². The molecular formula is C20H20N2O5. The summed E-state index contributed by atoms with van der Waals surface area (Å²) in [5.74, 6) is 4.17. The van der Waals surface area contributed by atoms with Gasteiger partial charge in [-0.2, -0.15) is 0 Å². The molecule has 2 atom stereocenters. The van der Waals surface area contributed by atoms with Crippen molar-refractivity contribution in [2.24, 2.45) is 0 Å². The normalized spacial score (nSPS) is 12.4. The quantitative estimate of drug-likeness (QED) is 0.296. The minimum atomic E-state index is -0.999. The van der Waals surface area contributed by atoms with E-state index < -0.39 is 24.0 Å². The van der Waals surface area contributed by atoms with Crippen LogP contribution in [-0.2, 0) is 11.3 Å². The van der Waals surface area contributed by atoms with E-state index in [1.807, 2.05) is 12.1 Å². The Bertz CT molecular complexity index is 866. The summed E-state index contributed by atoms with van der Waals surface area (Å²) >= 11 is 0. The van der Waals surface area contributed by atoms with E-state index in [9.17, 15) is 14.7 Å². The standard InChI is InChI=1S/C20H20N2O5/c1-13(23)18(19(24)22-27)21-12-16-9-6-14(7-10-16)5-8-15-3-2-4-17(11-15)20(25)26/h2-4,6-7,9-11,13,18,21,23,27H,12H2,1H3,(H,22,24)(H,25,26)/t13-,18+/m1/s1. The van der Waals surface area contributed by atoms with Gasteiger partial charge in [0.05, 0.1) is 11.7 Å². The molecular weight excluding hydrogens is 348 g/mol. The number of carbonyl (C=O) groups is 2. The molecule has 0 unspecified atom stereocenters.